The summed E-state index contributed by atoms with van der Waals surface area (Å²) in [6, 6.07) is 16.2. The molecule has 2 aliphatic rings. The second-order valence-electron chi connectivity index (χ2n) is 8.41. The molecule has 1 unspecified atom stereocenters. The minimum Gasteiger partial charge on any atom is -0.496 e. The van der Waals surface area contributed by atoms with Gasteiger partial charge in [-0.05, 0) is 37.0 Å². The zero-order valence-electron chi connectivity index (χ0n) is 17.1. The van der Waals surface area contributed by atoms with E-state index in [9.17, 15) is 4.79 Å². The van der Waals surface area contributed by atoms with Crippen molar-refractivity contribution in [2.75, 3.05) is 23.9 Å². The number of methoxy groups -OCH3 is 1. The highest BCUT2D eigenvalue weighted by atomic mass is 16.5. The molecule has 0 spiro atoms. The number of rotatable bonds is 3. The van der Waals surface area contributed by atoms with Crippen molar-refractivity contribution in [1.29, 1.82) is 0 Å². The first-order valence-corrected chi connectivity index (χ1v) is 9.97. The standard InChI is InChI=1S/C24H28N2O2/c1-5-26-19-12-8-7-11-17(19)25-18-14-24(2,3)15-20(27)22(18)23(26)16-10-6-9-13-21(16)28-4/h6-13,23,25H,5,14-15H2,1-4H3. The van der Waals surface area contributed by atoms with E-state index in [1.54, 1.807) is 7.11 Å². The fourth-order valence-electron chi connectivity index (χ4n) is 4.62. The molecule has 28 heavy (non-hydrogen) atoms. The highest BCUT2D eigenvalue weighted by Crippen LogP contribution is 2.49. The van der Waals surface area contributed by atoms with Gasteiger partial charge in [0.15, 0.2) is 5.78 Å². The molecule has 0 radical (unpaired) electrons. The molecule has 0 bridgehead atoms. The molecule has 1 N–H and O–H groups in total. The van der Waals surface area contributed by atoms with E-state index < -0.39 is 0 Å². The number of benzene rings is 2. The van der Waals surface area contributed by atoms with Gasteiger partial charge in [-0.15, -0.1) is 0 Å². The molecule has 1 atom stereocenters. The summed E-state index contributed by atoms with van der Waals surface area (Å²) in [5, 5.41) is 3.63. The van der Waals surface area contributed by atoms with Gasteiger partial charge in [0.05, 0.1) is 24.5 Å². The maximum absolute atomic E-state index is 13.4. The topological polar surface area (TPSA) is 41.6 Å². The number of carbonyl (C=O) groups is 1. The second kappa shape index (κ2) is 7.01. The van der Waals surface area contributed by atoms with Crippen molar-refractivity contribution in [3.63, 3.8) is 0 Å². The van der Waals surface area contributed by atoms with Crippen molar-refractivity contribution < 1.29 is 9.53 Å². The Morgan fingerprint density at radius 1 is 1.11 bits per heavy atom. The first-order chi connectivity index (χ1) is 13.4. The fourth-order valence-corrected chi connectivity index (χ4v) is 4.62. The van der Waals surface area contributed by atoms with Crippen LogP contribution in [0.2, 0.25) is 0 Å². The molecule has 146 valence electrons. The molecule has 0 saturated carbocycles. The molecule has 0 amide bonds. The number of hydrogen-bond donors (Lipinski definition) is 1. The Hall–Kier alpha value is -2.75. The lowest BCUT2D eigenvalue weighted by Gasteiger charge is -2.38. The van der Waals surface area contributed by atoms with Gasteiger partial charge in [0, 0.05) is 29.8 Å². The lowest BCUT2D eigenvalue weighted by molar-refractivity contribution is -0.118. The number of nitrogens with zero attached hydrogens (tertiary/aromatic N) is 1. The Kier molecular flexibility index (Phi) is 4.66. The van der Waals surface area contributed by atoms with Crippen molar-refractivity contribution >= 4 is 17.2 Å². The van der Waals surface area contributed by atoms with Gasteiger partial charge in [0.1, 0.15) is 5.75 Å². The van der Waals surface area contributed by atoms with Crippen LogP contribution in [-0.4, -0.2) is 19.4 Å². The van der Waals surface area contributed by atoms with E-state index in [0.717, 1.165) is 46.9 Å². The predicted octanol–water partition coefficient (Wildman–Crippen LogP) is 5.33. The Labute approximate surface area is 167 Å². The van der Waals surface area contributed by atoms with Crippen LogP contribution in [0.15, 0.2) is 59.8 Å². The summed E-state index contributed by atoms with van der Waals surface area (Å²) >= 11 is 0. The lowest BCUT2D eigenvalue weighted by Crippen LogP contribution is -2.36. The molecular formula is C24H28N2O2. The number of nitrogens with one attached hydrogen (secondary N) is 1. The molecule has 2 aromatic rings. The second-order valence-corrected chi connectivity index (χ2v) is 8.41. The number of ether oxygens (including phenoxy) is 1. The SMILES string of the molecule is CCN1c2ccccc2NC2=C(C(=O)CC(C)(C)C2)C1c1ccccc1OC. The number of carbonyl (C=O) groups excluding carboxylic acids is 1. The van der Waals surface area contributed by atoms with Crippen LogP contribution in [0.4, 0.5) is 11.4 Å². The van der Waals surface area contributed by atoms with E-state index in [4.69, 9.17) is 4.74 Å². The summed E-state index contributed by atoms with van der Waals surface area (Å²) in [5.41, 5.74) is 5.07. The number of anilines is 2. The summed E-state index contributed by atoms with van der Waals surface area (Å²) in [5.74, 6) is 1.04. The van der Waals surface area contributed by atoms with Crippen LogP contribution in [0.25, 0.3) is 0 Å². The smallest absolute Gasteiger partial charge is 0.163 e. The number of ketones is 1. The van der Waals surface area contributed by atoms with Crippen molar-refractivity contribution in [2.24, 2.45) is 5.41 Å². The number of likely N-dealkylation sites (N-methyl/N-ethyl adjacent to an activating group) is 1. The van der Waals surface area contributed by atoms with Crippen molar-refractivity contribution in [2.45, 2.75) is 39.7 Å². The van der Waals surface area contributed by atoms with E-state index in [1.807, 2.05) is 24.3 Å². The summed E-state index contributed by atoms with van der Waals surface area (Å²) in [7, 11) is 1.69. The van der Waals surface area contributed by atoms with Gasteiger partial charge < -0.3 is 15.0 Å². The highest BCUT2D eigenvalue weighted by molar-refractivity contribution is 6.01. The molecule has 4 heteroatoms. The Bertz CT molecular complexity index is 945. The normalized spacial score (nSPS) is 20.8. The summed E-state index contributed by atoms with van der Waals surface area (Å²) < 4.78 is 5.70. The average molecular weight is 377 g/mol. The zero-order chi connectivity index (χ0) is 19.9. The molecule has 0 saturated heterocycles. The Morgan fingerprint density at radius 2 is 1.82 bits per heavy atom. The molecule has 4 rings (SSSR count). The fraction of sp³-hybridized carbons (Fsp3) is 0.375. The zero-order valence-corrected chi connectivity index (χ0v) is 17.1. The number of allylic oxidation sites excluding steroid dienone is 1. The third kappa shape index (κ3) is 3.07. The van der Waals surface area contributed by atoms with Gasteiger partial charge in [-0.3, -0.25) is 4.79 Å². The van der Waals surface area contributed by atoms with Gasteiger partial charge in [0.2, 0.25) is 0 Å². The van der Waals surface area contributed by atoms with E-state index in [1.165, 1.54) is 0 Å². The van der Waals surface area contributed by atoms with Crippen molar-refractivity contribution in [1.82, 2.24) is 0 Å². The van der Waals surface area contributed by atoms with Gasteiger partial charge in [-0.1, -0.05) is 44.2 Å². The van der Waals surface area contributed by atoms with Crippen LogP contribution in [0.3, 0.4) is 0 Å². The minimum atomic E-state index is -0.170. The van der Waals surface area contributed by atoms with Gasteiger partial charge in [0.25, 0.3) is 0 Å². The van der Waals surface area contributed by atoms with Crippen molar-refractivity contribution in [3.8, 4) is 5.75 Å². The van der Waals surface area contributed by atoms with E-state index in [-0.39, 0.29) is 17.2 Å². The maximum Gasteiger partial charge on any atom is 0.163 e. The van der Waals surface area contributed by atoms with E-state index in [0.29, 0.717) is 6.42 Å². The van der Waals surface area contributed by atoms with Crippen molar-refractivity contribution in [3.05, 3.63) is 65.4 Å². The molecular weight excluding hydrogens is 348 g/mol. The Morgan fingerprint density at radius 3 is 2.57 bits per heavy atom. The minimum absolute atomic E-state index is 0.0510. The van der Waals surface area contributed by atoms with Crippen LogP contribution in [0, 0.1) is 5.41 Å². The predicted molar refractivity (Wildman–Crippen MR) is 114 cm³/mol. The maximum atomic E-state index is 13.4. The highest BCUT2D eigenvalue weighted by Gasteiger charge is 2.41. The van der Waals surface area contributed by atoms with E-state index in [2.05, 4.69) is 55.3 Å². The number of hydrogen-bond acceptors (Lipinski definition) is 4. The third-order valence-corrected chi connectivity index (χ3v) is 5.78. The van der Waals surface area contributed by atoms with Crippen LogP contribution in [0.5, 0.6) is 5.75 Å². The molecule has 1 aliphatic carbocycles. The molecule has 4 nitrogen and oxygen atoms in total. The van der Waals surface area contributed by atoms with Crippen LogP contribution in [0.1, 0.15) is 45.2 Å². The monoisotopic (exact) mass is 376 g/mol. The van der Waals surface area contributed by atoms with Crippen LogP contribution < -0.4 is 15.0 Å². The molecule has 2 aromatic carbocycles. The molecule has 1 heterocycles. The third-order valence-electron chi connectivity index (χ3n) is 5.78. The van der Waals surface area contributed by atoms with E-state index >= 15 is 0 Å². The number of Topliss-reactive ketones (excluding diaryl/α,β-unsaturated/α-hetero) is 1. The number of fused-ring (bicyclic) bond motifs is 1. The van der Waals surface area contributed by atoms with Gasteiger partial charge in [-0.2, -0.15) is 0 Å². The van der Waals surface area contributed by atoms with Gasteiger partial charge in [-0.25, -0.2) is 0 Å². The summed E-state index contributed by atoms with van der Waals surface area (Å²) in [4.78, 5) is 15.7. The first-order valence-electron chi connectivity index (χ1n) is 9.97. The molecule has 1 aliphatic heterocycles. The Balaban J connectivity index is 2.00. The van der Waals surface area contributed by atoms with Crippen LogP contribution in [-0.2, 0) is 4.79 Å². The molecule has 0 aromatic heterocycles. The molecule has 0 fully saturated rings. The summed E-state index contributed by atoms with van der Waals surface area (Å²) in [6.07, 6.45) is 1.42. The van der Waals surface area contributed by atoms with Gasteiger partial charge >= 0.3 is 0 Å². The largest absolute Gasteiger partial charge is 0.496 e. The first kappa shape index (κ1) is 18.6. The lowest BCUT2D eigenvalue weighted by atomic mass is 9.73. The number of para-hydroxylation sites is 3. The van der Waals surface area contributed by atoms with Crippen LogP contribution >= 0.6 is 0 Å². The quantitative estimate of drug-likeness (QED) is 0.786. The summed E-state index contributed by atoms with van der Waals surface area (Å²) in [6.45, 7) is 7.27. The average Bonchev–Trinajstić information content (AvgIpc) is 2.80.